The zero-order chi connectivity index (χ0) is 23.8. The third-order valence-electron chi connectivity index (χ3n) is 5.50. The molecule has 0 unspecified atom stereocenters. The van der Waals surface area contributed by atoms with Crippen LogP contribution in [-0.2, 0) is 10.0 Å². The van der Waals surface area contributed by atoms with E-state index in [2.05, 4.69) is 10.6 Å². The lowest BCUT2D eigenvalue weighted by molar-refractivity contribution is 0.0950. The molecule has 0 atom stereocenters. The second-order valence-electron chi connectivity index (χ2n) is 8.30. The summed E-state index contributed by atoms with van der Waals surface area (Å²) < 4.78 is 26.9. The van der Waals surface area contributed by atoms with Crippen LogP contribution in [0, 0.1) is 5.92 Å². The summed E-state index contributed by atoms with van der Waals surface area (Å²) in [5, 5.41) is 5.69. The number of fused-ring (bicyclic) bond motifs is 3. The van der Waals surface area contributed by atoms with Gasteiger partial charge in [-0.05, 0) is 42.3 Å². The predicted octanol–water partition coefficient (Wildman–Crippen LogP) is 4.13. The fourth-order valence-corrected chi connectivity index (χ4v) is 5.15. The number of para-hydroxylation sites is 1. The molecule has 0 aliphatic carbocycles. The molecule has 170 valence electrons. The maximum Gasteiger partial charge on any atom is 0.264 e. The number of carbonyl (C=O) groups is 2. The number of sulfonamides is 1. The van der Waals surface area contributed by atoms with Gasteiger partial charge in [-0.3, -0.25) is 13.9 Å². The molecule has 0 bridgehead atoms. The Morgan fingerprint density at radius 3 is 2.36 bits per heavy atom. The van der Waals surface area contributed by atoms with Crippen LogP contribution in [0.1, 0.15) is 34.6 Å². The summed E-state index contributed by atoms with van der Waals surface area (Å²) in [6, 6.07) is 18.4. The molecule has 8 heteroatoms. The Morgan fingerprint density at radius 2 is 1.61 bits per heavy atom. The molecule has 0 aromatic heterocycles. The number of anilines is 2. The third-order valence-corrected chi connectivity index (χ3v) is 7.33. The van der Waals surface area contributed by atoms with Gasteiger partial charge in [0.15, 0.2) is 0 Å². The molecule has 3 aromatic carbocycles. The average molecular weight is 464 g/mol. The fraction of sp³-hybridized carbons (Fsp3) is 0.200. The van der Waals surface area contributed by atoms with E-state index in [1.807, 2.05) is 13.8 Å². The van der Waals surface area contributed by atoms with Gasteiger partial charge >= 0.3 is 0 Å². The van der Waals surface area contributed by atoms with Crippen LogP contribution in [0.5, 0.6) is 0 Å². The van der Waals surface area contributed by atoms with Crippen molar-refractivity contribution in [1.29, 1.82) is 0 Å². The van der Waals surface area contributed by atoms with Gasteiger partial charge in [-0.2, -0.15) is 0 Å². The van der Waals surface area contributed by atoms with Gasteiger partial charge in [-0.15, -0.1) is 0 Å². The highest BCUT2D eigenvalue weighted by atomic mass is 32.2. The van der Waals surface area contributed by atoms with Crippen LogP contribution in [0.3, 0.4) is 0 Å². The highest BCUT2D eigenvalue weighted by molar-refractivity contribution is 7.93. The van der Waals surface area contributed by atoms with Crippen LogP contribution in [0.15, 0.2) is 71.6 Å². The summed E-state index contributed by atoms with van der Waals surface area (Å²) in [5.41, 5.74) is 2.84. The van der Waals surface area contributed by atoms with Crippen LogP contribution in [0.4, 0.5) is 11.4 Å². The molecule has 4 rings (SSSR count). The smallest absolute Gasteiger partial charge is 0.264 e. The molecule has 3 aromatic rings. The van der Waals surface area contributed by atoms with Crippen LogP contribution in [0.2, 0.25) is 0 Å². The van der Waals surface area contributed by atoms with Crippen molar-refractivity contribution in [2.24, 2.45) is 5.92 Å². The van der Waals surface area contributed by atoms with E-state index in [-0.39, 0.29) is 10.8 Å². The van der Waals surface area contributed by atoms with Gasteiger partial charge in [0, 0.05) is 30.3 Å². The van der Waals surface area contributed by atoms with Gasteiger partial charge in [0.2, 0.25) is 0 Å². The van der Waals surface area contributed by atoms with Gasteiger partial charge in [0.05, 0.1) is 21.8 Å². The van der Waals surface area contributed by atoms with Gasteiger partial charge in [-0.25, -0.2) is 8.42 Å². The van der Waals surface area contributed by atoms with E-state index in [0.29, 0.717) is 46.1 Å². The summed E-state index contributed by atoms with van der Waals surface area (Å²) in [4.78, 5) is 25.9. The topological polar surface area (TPSA) is 95.6 Å². The van der Waals surface area contributed by atoms with Crippen molar-refractivity contribution in [3.8, 4) is 11.1 Å². The lowest BCUT2D eigenvalue weighted by Gasteiger charge is -2.29. The number of hydrogen-bond acceptors (Lipinski definition) is 4. The Labute approximate surface area is 193 Å². The lowest BCUT2D eigenvalue weighted by Crippen LogP contribution is -2.30. The van der Waals surface area contributed by atoms with Gasteiger partial charge in [0.25, 0.3) is 21.8 Å². The van der Waals surface area contributed by atoms with Gasteiger partial charge < -0.3 is 10.6 Å². The molecule has 33 heavy (non-hydrogen) atoms. The Balaban J connectivity index is 1.66. The summed E-state index contributed by atoms with van der Waals surface area (Å²) in [7, 11) is -2.16. The normalized spacial score (nSPS) is 13.8. The first kappa shape index (κ1) is 22.5. The Bertz CT molecular complexity index is 1350. The summed E-state index contributed by atoms with van der Waals surface area (Å²) in [6.45, 7) is 4.54. The van der Waals surface area contributed by atoms with Crippen molar-refractivity contribution in [3.05, 3.63) is 77.9 Å². The fourth-order valence-electron chi connectivity index (χ4n) is 3.74. The van der Waals surface area contributed by atoms with Crippen molar-refractivity contribution in [2.75, 3.05) is 23.2 Å². The second-order valence-corrected chi connectivity index (χ2v) is 10.2. The lowest BCUT2D eigenvalue weighted by atomic mass is 10.00. The van der Waals surface area contributed by atoms with E-state index >= 15 is 0 Å². The maximum atomic E-state index is 13.1. The van der Waals surface area contributed by atoms with Crippen molar-refractivity contribution in [3.63, 3.8) is 0 Å². The Hall–Kier alpha value is -3.65. The number of hydrogen-bond donors (Lipinski definition) is 2. The highest BCUT2D eigenvalue weighted by Crippen LogP contribution is 2.42. The number of amides is 2. The second kappa shape index (κ2) is 8.71. The minimum Gasteiger partial charge on any atom is -0.352 e. The quantitative estimate of drug-likeness (QED) is 0.595. The van der Waals surface area contributed by atoms with E-state index in [1.54, 1.807) is 66.7 Å². The molecule has 7 nitrogen and oxygen atoms in total. The molecule has 0 saturated heterocycles. The largest absolute Gasteiger partial charge is 0.352 e. The molecule has 1 heterocycles. The first-order chi connectivity index (χ1) is 15.7. The minimum absolute atomic E-state index is 0.199. The average Bonchev–Trinajstić information content (AvgIpc) is 2.81. The molecule has 2 amide bonds. The number of rotatable bonds is 5. The monoisotopic (exact) mass is 463 g/mol. The molecule has 0 spiro atoms. The van der Waals surface area contributed by atoms with E-state index in [1.165, 1.54) is 11.4 Å². The van der Waals surface area contributed by atoms with E-state index in [9.17, 15) is 18.0 Å². The first-order valence-corrected chi connectivity index (χ1v) is 12.0. The van der Waals surface area contributed by atoms with E-state index in [4.69, 9.17) is 0 Å². The zero-order valence-electron chi connectivity index (χ0n) is 18.6. The first-order valence-electron chi connectivity index (χ1n) is 10.6. The zero-order valence-corrected chi connectivity index (χ0v) is 19.4. The van der Waals surface area contributed by atoms with Crippen molar-refractivity contribution in [1.82, 2.24) is 5.32 Å². The number of benzene rings is 3. The summed E-state index contributed by atoms with van der Waals surface area (Å²) in [5.74, 6) is -0.350. The Kier molecular flexibility index (Phi) is 5.95. The maximum absolute atomic E-state index is 13.1. The third kappa shape index (κ3) is 4.21. The minimum atomic E-state index is -3.65. The van der Waals surface area contributed by atoms with Crippen LogP contribution < -0.4 is 14.9 Å². The van der Waals surface area contributed by atoms with Crippen LogP contribution in [-0.4, -0.2) is 33.8 Å². The summed E-state index contributed by atoms with van der Waals surface area (Å²) >= 11 is 0. The van der Waals surface area contributed by atoms with Crippen molar-refractivity contribution >= 4 is 33.2 Å². The van der Waals surface area contributed by atoms with Crippen LogP contribution in [0.25, 0.3) is 11.1 Å². The van der Waals surface area contributed by atoms with Crippen molar-refractivity contribution in [2.45, 2.75) is 18.7 Å². The van der Waals surface area contributed by atoms with Crippen LogP contribution >= 0.6 is 0 Å². The molecule has 0 saturated carbocycles. The van der Waals surface area contributed by atoms with E-state index in [0.717, 1.165) is 0 Å². The molecule has 1 aliphatic rings. The molecule has 0 radical (unpaired) electrons. The molecular formula is C25H25N3O4S. The van der Waals surface area contributed by atoms with E-state index < -0.39 is 15.9 Å². The van der Waals surface area contributed by atoms with Gasteiger partial charge in [-0.1, -0.05) is 44.2 Å². The molecular weight excluding hydrogens is 438 g/mol. The highest BCUT2D eigenvalue weighted by Gasteiger charge is 2.32. The SMILES string of the molecule is CC(C)CNC(=O)c1ccccc1NC(=O)c1ccc2c(c1)-c1ccccc1S(=O)(=O)N2C. The Morgan fingerprint density at radius 1 is 0.909 bits per heavy atom. The number of carbonyl (C=O) groups excluding carboxylic acids is 2. The standard InChI is InChI=1S/C25H25N3O4S/c1-16(2)15-26-25(30)19-9-4-6-10-21(19)27-24(29)17-12-13-22-20(14-17)18-8-5-7-11-23(18)33(31,32)28(22)3/h4-14,16H,15H2,1-3H3,(H,26,30)(H,27,29). The predicted molar refractivity (Wildman–Crippen MR) is 129 cm³/mol. The van der Waals surface area contributed by atoms with Gasteiger partial charge in [0.1, 0.15) is 0 Å². The molecule has 0 fully saturated rings. The number of nitrogens with zero attached hydrogens (tertiary/aromatic N) is 1. The molecule has 1 aliphatic heterocycles. The summed E-state index contributed by atoms with van der Waals surface area (Å²) in [6.07, 6.45) is 0. The number of nitrogens with one attached hydrogen (secondary N) is 2. The van der Waals surface area contributed by atoms with Crippen molar-refractivity contribution < 1.29 is 18.0 Å². The molecule has 2 N–H and O–H groups in total.